The van der Waals surface area contributed by atoms with Crippen molar-refractivity contribution in [3.63, 3.8) is 0 Å². The van der Waals surface area contributed by atoms with Gasteiger partial charge in [0.2, 0.25) is 0 Å². The first-order chi connectivity index (χ1) is 14.1. The Hall–Kier alpha value is -3.99. The fraction of sp³-hybridized carbons (Fsp3) is 0.0417. The number of phenols is 1. The number of phenolic OH excluding ortho intramolecular Hbond substituents is 1. The monoisotopic (exact) mass is 382 g/mol. The molecule has 0 fully saturated rings. The van der Waals surface area contributed by atoms with Gasteiger partial charge in [0.15, 0.2) is 0 Å². The van der Waals surface area contributed by atoms with Crippen molar-refractivity contribution in [2.45, 2.75) is 6.04 Å². The van der Waals surface area contributed by atoms with E-state index in [0.717, 1.165) is 27.5 Å². The maximum absolute atomic E-state index is 10.9. The minimum absolute atomic E-state index is 0.0356. The number of fused-ring (bicyclic) bond motifs is 1. The number of non-ortho nitro benzene ring substituents is 1. The molecule has 1 N–H and O–H groups in total. The maximum atomic E-state index is 10.9. The number of aliphatic imine (C=N–C) groups is 1. The van der Waals surface area contributed by atoms with E-state index in [4.69, 9.17) is 4.99 Å². The van der Waals surface area contributed by atoms with Gasteiger partial charge in [0.05, 0.1) is 4.92 Å². The highest BCUT2D eigenvalue weighted by atomic mass is 16.6. The van der Waals surface area contributed by atoms with E-state index >= 15 is 0 Å². The van der Waals surface area contributed by atoms with E-state index in [0.29, 0.717) is 0 Å². The minimum Gasteiger partial charge on any atom is -0.508 e. The number of nitro groups is 1. The lowest BCUT2D eigenvalue weighted by atomic mass is 9.93. The van der Waals surface area contributed by atoms with Crippen LogP contribution in [0.2, 0.25) is 0 Å². The van der Waals surface area contributed by atoms with E-state index in [1.54, 1.807) is 24.4 Å². The summed E-state index contributed by atoms with van der Waals surface area (Å²) in [6.45, 7) is 0. The maximum Gasteiger partial charge on any atom is 0.269 e. The zero-order chi connectivity index (χ0) is 20.2. The van der Waals surface area contributed by atoms with Crippen molar-refractivity contribution in [3.8, 4) is 5.75 Å². The number of rotatable bonds is 5. The molecule has 5 nitrogen and oxygen atoms in total. The summed E-state index contributed by atoms with van der Waals surface area (Å²) in [6.07, 6.45) is 1.68. The Morgan fingerprint density at radius 3 is 2.28 bits per heavy atom. The second-order valence-electron chi connectivity index (χ2n) is 6.66. The van der Waals surface area contributed by atoms with Gasteiger partial charge in [-0.1, -0.05) is 60.7 Å². The fourth-order valence-electron chi connectivity index (χ4n) is 3.38. The van der Waals surface area contributed by atoms with Crippen LogP contribution < -0.4 is 0 Å². The summed E-state index contributed by atoms with van der Waals surface area (Å²) in [5, 5.41) is 23.5. The second kappa shape index (κ2) is 7.94. The van der Waals surface area contributed by atoms with E-state index in [1.165, 1.54) is 12.1 Å². The third-order valence-corrected chi connectivity index (χ3v) is 4.81. The molecule has 4 aromatic rings. The third kappa shape index (κ3) is 3.84. The number of hydrogen-bond acceptors (Lipinski definition) is 4. The summed E-state index contributed by atoms with van der Waals surface area (Å²) in [5.74, 6) is 0.179. The van der Waals surface area contributed by atoms with Crippen LogP contribution in [0.25, 0.3) is 10.8 Å². The topological polar surface area (TPSA) is 75.7 Å². The van der Waals surface area contributed by atoms with Crippen LogP contribution in [0.4, 0.5) is 5.69 Å². The van der Waals surface area contributed by atoms with Gasteiger partial charge >= 0.3 is 0 Å². The van der Waals surface area contributed by atoms with Gasteiger partial charge in [0.1, 0.15) is 11.8 Å². The molecule has 5 heteroatoms. The standard InChI is InChI=1S/C24H18N2O3/c27-22-15-12-18-6-4-5-9-21(18)23(22)24(19-7-2-1-3-8-19)25-16-17-10-13-20(14-11-17)26(28)29/h1-16,24,27H. The molecule has 0 saturated carbocycles. The zero-order valence-electron chi connectivity index (χ0n) is 15.5. The molecule has 1 unspecified atom stereocenters. The first-order valence-electron chi connectivity index (χ1n) is 9.16. The molecule has 0 aliphatic carbocycles. The molecule has 29 heavy (non-hydrogen) atoms. The van der Waals surface area contributed by atoms with Crippen molar-refractivity contribution in [1.29, 1.82) is 0 Å². The molecule has 0 bridgehead atoms. The van der Waals surface area contributed by atoms with Gasteiger partial charge in [-0.15, -0.1) is 0 Å². The van der Waals surface area contributed by atoms with Crippen molar-refractivity contribution in [1.82, 2.24) is 0 Å². The van der Waals surface area contributed by atoms with Crippen molar-refractivity contribution >= 4 is 22.7 Å². The summed E-state index contributed by atoms with van der Waals surface area (Å²) in [6, 6.07) is 27.0. The predicted molar refractivity (Wildman–Crippen MR) is 115 cm³/mol. The molecule has 0 aromatic heterocycles. The van der Waals surface area contributed by atoms with Crippen LogP contribution in [-0.2, 0) is 0 Å². The molecule has 4 rings (SSSR count). The Labute approximate surface area is 167 Å². The summed E-state index contributed by atoms with van der Waals surface area (Å²) in [7, 11) is 0. The molecule has 0 amide bonds. The number of aromatic hydroxyl groups is 1. The molecule has 142 valence electrons. The van der Waals surface area contributed by atoms with Gasteiger partial charge in [0, 0.05) is 23.9 Å². The minimum atomic E-state index is -0.429. The smallest absolute Gasteiger partial charge is 0.269 e. The highest BCUT2D eigenvalue weighted by Crippen LogP contribution is 2.38. The van der Waals surface area contributed by atoms with Crippen LogP contribution in [0, 0.1) is 10.1 Å². The summed E-state index contributed by atoms with van der Waals surface area (Å²) >= 11 is 0. The van der Waals surface area contributed by atoms with Gasteiger partial charge in [-0.2, -0.15) is 0 Å². The average molecular weight is 382 g/mol. The summed E-state index contributed by atoms with van der Waals surface area (Å²) < 4.78 is 0. The molecule has 0 radical (unpaired) electrons. The van der Waals surface area contributed by atoms with Crippen LogP contribution in [0.15, 0.2) is 96.0 Å². The van der Waals surface area contributed by atoms with Crippen molar-refractivity contribution in [3.05, 3.63) is 118 Å². The van der Waals surface area contributed by atoms with Crippen molar-refractivity contribution in [2.75, 3.05) is 0 Å². The van der Waals surface area contributed by atoms with Crippen LogP contribution in [0.5, 0.6) is 5.75 Å². The van der Waals surface area contributed by atoms with Crippen LogP contribution >= 0.6 is 0 Å². The SMILES string of the molecule is O=[N+]([O-])c1ccc(C=NC(c2ccccc2)c2c(O)ccc3ccccc23)cc1. The first-order valence-corrected chi connectivity index (χ1v) is 9.16. The van der Waals surface area contributed by atoms with Crippen molar-refractivity contribution < 1.29 is 10.0 Å². The molecular formula is C24H18N2O3. The molecule has 1 atom stereocenters. The lowest BCUT2D eigenvalue weighted by Crippen LogP contribution is -2.01. The Kier molecular flexibility index (Phi) is 5.03. The molecular weight excluding hydrogens is 364 g/mol. The number of benzene rings is 4. The first kappa shape index (κ1) is 18.4. The Balaban J connectivity index is 1.82. The largest absolute Gasteiger partial charge is 0.508 e. The Morgan fingerprint density at radius 2 is 1.55 bits per heavy atom. The van der Waals surface area contributed by atoms with Gasteiger partial charge < -0.3 is 5.11 Å². The zero-order valence-corrected chi connectivity index (χ0v) is 15.5. The normalized spacial score (nSPS) is 12.3. The van der Waals surface area contributed by atoms with Crippen LogP contribution in [0.3, 0.4) is 0 Å². The van der Waals surface area contributed by atoms with Gasteiger partial charge in [-0.3, -0.25) is 15.1 Å². The van der Waals surface area contributed by atoms with E-state index in [9.17, 15) is 15.2 Å². The van der Waals surface area contributed by atoms with Crippen LogP contribution in [-0.4, -0.2) is 16.2 Å². The summed E-state index contributed by atoms with van der Waals surface area (Å²) in [5.41, 5.74) is 2.45. The van der Waals surface area contributed by atoms with E-state index in [2.05, 4.69) is 0 Å². The Morgan fingerprint density at radius 1 is 0.862 bits per heavy atom. The van der Waals surface area contributed by atoms with Gasteiger partial charge in [-0.25, -0.2) is 0 Å². The highest BCUT2D eigenvalue weighted by molar-refractivity contribution is 5.89. The van der Waals surface area contributed by atoms with Gasteiger partial charge in [-0.05, 0) is 40.1 Å². The van der Waals surface area contributed by atoms with Crippen LogP contribution in [0.1, 0.15) is 22.7 Å². The fourth-order valence-corrected chi connectivity index (χ4v) is 3.38. The van der Waals surface area contributed by atoms with Gasteiger partial charge in [0.25, 0.3) is 5.69 Å². The number of nitro benzene ring substituents is 1. The van der Waals surface area contributed by atoms with Crippen molar-refractivity contribution in [2.24, 2.45) is 4.99 Å². The molecule has 4 aromatic carbocycles. The van der Waals surface area contributed by atoms with E-state index in [-0.39, 0.29) is 11.4 Å². The third-order valence-electron chi connectivity index (χ3n) is 4.81. The van der Waals surface area contributed by atoms with E-state index in [1.807, 2.05) is 60.7 Å². The second-order valence-corrected chi connectivity index (χ2v) is 6.66. The Bertz CT molecular complexity index is 1190. The molecule has 0 spiro atoms. The molecule has 0 heterocycles. The molecule has 0 aliphatic rings. The average Bonchev–Trinajstić information content (AvgIpc) is 2.76. The predicted octanol–water partition coefficient (Wildman–Crippen LogP) is 5.66. The molecule has 0 aliphatic heterocycles. The van der Waals surface area contributed by atoms with E-state index < -0.39 is 11.0 Å². The lowest BCUT2D eigenvalue weighted by molar-refractivity contribution is -0.384. The quantitative estimate of drug-likeness (QED) is 0.275. The lowest BCUT2D eigenvalue weighted by Gasteiger charge is -2.17. The number of nitrogens with zero attached hydrogens (tertiary/aromatic N) is 2. The highest BCUT2D eigenvalue weighted by Gasteiger charge is 2.19. The number of hydrogen-bond donors (Lipinski definition) is 1. The molecule has 0 saturated heterocycles. The summed E-state index contributed by atoms with van der Waals surface area (Å²) in [4.78, 5) is 15.2.